The molecule has 0 bridgehead atoms. The van der Waals surface area contributed by atoms with Gasteiger partial charge in [0.05, 0.1) is 25.4 Å². The molecule has 1 rings (SSSR count). The predicted molar refractivity (Wildman–Crippen MR) is 73.1 cm³/mol. The molecule has 1 aliphatic heterocycles. The molecule has 1 fully saturated rings. The Morgan fingerprint density at radius 2 is 2.21 bits per heavy atom. The number of unbranched alkanes of at least 4 members (excludes halogenated alkanes) is 1. The van der Waals surface area contributed by atoms with Crippen LogP contribution in [0.25, 0.3) is 0 Å². The van der Waals surface area contributed by atoms with E-state index in [9.17, 15) is 9.90 Å². The lowest BCUT2D eigenvalue weighted by molar-refractivity contribution is -0.0680. The van der Waals surface area contributed by atoms with Crippen molar-refractivity contribution in [2.75, 3.05) is 19.8 Å². The Balaban J connectivity index is 2.63. The van der Waals surface area contributed by atoms with Crippen molar-refractivity contribution in [3.8, 4) is 0 Å². The summed E-state index contributed by atoms with van der Waals surface area (Å²) in [6.45, 7) is 8.95. The van der Waals surface area contributed by atoms with E-state index in [4.69, 9.17) is 9.47 Å². The van der Waals surface area contributed by atoms with E-state index >= 15 is 0 Å². The molecule has 0 aromatic rings. The van der Waals surface area contributed by atoms with Gasteiger partial charge in [0.1, 0.15) is 5.60 Å². The number of hydrogen-bond donors (Lipinski definition) is 1. The maximum absolute atomic E-state index is 12.1. The van der Waals surface area contributed by atoms with Crippen LogP contribution >= 0.6 is 0 Å². The van der Waals surface area contributed by atoms with Gasteiger partial charge in [-0.05, 0) is 27.2 Å². The molecule has 2 atom stereocenters. The fourth-order valence-corrected chi connectivity index (χ4v) is 2.09. The molecule has 2 unspecified atom stereocenters. The van der Waals surface area contributed by atoms with Crippen LogP contribution in [-0.2, 0) is 9.47 Å². The minimum Gasteiger partial charge on any atom is -0.444 e. The van der Waals surface area contributed by atoms with Crippen molar-refractivity contribution in [1.82, 2.24) is 4.90 Å². The Labute approximate surface area is 115 Å². The van der Waals surface area contributed by atoms with Gasteiger partial charge >= 0.3 is 6.09 Å². The van der Waals surface area contributed by atoms with Crippen molar-refractivity contribution < 1.29 is 19.4 Å². The molecular weight excluding hydrogens is 246 g/mol. The lowest BCUT2D eigenvalue weighted by Gasteiger charge is -2.38. The summed E-state index contributed by atoms with van der Waals surface area (Å²) >= 11 is 0. The average molecular weight is 273 g/mol. The van der Waals surface area contributed by atoms with Crippen LogP contribution in [0.5, 0.6) is 0 Å². The number of ether oxygens (including phenoxy) is 2. The van der Waals surface area contributed by atoms with Crippen LogP contribution in [0.2, 0.25) is 0 Å². The molecule has 0 aliphatic carbocycles. The Morgan fingerprint density at radius 1 is 1.53 bits per heavy atom. The number of carbonyl (C=O) groups is 1. The Morgan fingerprint density at radius 3 is 2.79 bits per heavy atom. The van der Waals surface area contributed by atoms with Gasteiger partial charge in [0, 0.05) is 6.54 Å². The molecule has 1 heterocycles. The topological polar surface area (TPSA) is 59.0 Å². The van der Waals surface area contributed by atoms with E-state index in [0.29, 0.717) is 26.2 Å². The molecule has 0 aromatic heterocycles. The highest BCUT2D eigenvalue weighted by Crippen LogP contribution is 2.19. The van der Waals surface area contributed by atoms with E-state index in [1.54, 1.807) is 4.90 Å². The van der Waals surface area contributed by atoms with E-state index in [1.165, 1.54) is 0 Å². The van der Waals surface area contributed by atoms with Gasteiger partial charge in [0.2, 0.25) is 0 Å². The number of nitrogens with zero attached hydrogens (tertiary/aromatic N) is 1. The standard InChI is InChI=1S/C14H27NO4/c1-5-6-7-12(16)11-10-18-9-8-15(11)13(17)19-14(2,3)4/h11-12,16H,5-10H2,1-4H3. The Kier molecular flexibility index (Phi) is 6.07. The van der Waals surface area contributed by atoms with Crippen LogP contribution < -0.4 is 0 Å². The zero-order valence-corrected chi connectivity index (χ0v) is 12.5. The number of carbonyl (C=O) groups excluding carboxylic acids is 1. The summed E-state index contributed by atoms with van der Waals surface area (Å²) in [5, 5.41) is 10.2. The summed E-state index contributed by atoms with van der Waals surface area (Å²) in [5.74, 6) is 0. The van der Waals surface area contributed by atoms with E-state index in [2.05, 4.69) is 6.92 Å². The highest BCUT2D eigenvalue weighted by atomic mass is 16.6. The van der Waals surface area contributed by atoms with E-state index in [1.807, 2.05) is 20.8 Å². The third-order valence-electron chi connectivity index (χ3n) is 3.09. The third kappa shape index (κ3) is 5.37. The normalized spacial score (nSPS) is 22.2. The van der Waals surface area contributed by atoms with E-state index in [-0.39, 0.29) is 12.1 Å². The first-order chi connectivity index (χ1) is 8.85. The number of rotatable bonds is 4. The van der Waals surface area contributed by atoms with E-state index < -0.39 is 11.7 Å². The Hall–Kier alpha value is -0.810. The van der Waals surface area contributed by atoms with Crippen LogP contribution in [0.15, 0.2) is 0 Å². The van der Waals surface area contributed by atoms with Crippen molar-refractivity contribution in [1.29, 1.82) is 0 Å². The summed E-state index contributed by atoms with van der Waals surface area (Å²) in [4.78, 5) is 13.7. The van der Waals surface area contributed by atoms with Crippen LogP contribution in [0, 0.1) is 0 Å². The van der Waals surface area contributed by atoms with Crippen LogP contribution in [0.1, 0.15) is 47.0 Å². The quantitative estimate of drug-likeness (QED) is 0.853. The number of hydrogen-bond acceptors (Lipinski definition) is 4. The first-order valence-electron chi connectivity index (χ1n) is 7.10. The van der Waals surface area contributed by atoms with Gasteiger partial charge in [-0.2, -0.15) is 0 Å². The van der Waals surface area contributed by atoms with Crippen molar-refractivity contribution in [2.45, 2.75) is 64.7 Å². The van der Waals surface area contributed by atoms with Gasteiger partial charge in [-0.25, -0.2) is 4.79 Å². The summed E-state index contributed by atoms with van der Waals surface area (Å²) in [6, 6.07) is -0.296. The maximum atomic E-state index is 12.1. The molecule has 1 amide bonds. The predicted octanol–water partition coefficient (Wildman–Crippen LogP) is 2.17. The van der Waals surface area contributed by atoms with Crippen LogP contribution in [0.3, 0.4) is 0 Å². The van der Waals surface area contributed by atoms with Gasteiger partial charge in [0.25, 0.3) is 0 Å². The molecule has 5 nitrogen and oxygen atoms in total. The zero-order chi connectivity index (χ0) is 14.5. The van der Waals surface area contributed by atoms with Crippen molar-refractivity contribution in [3.05, 3.63) is 0 Å². The summed E-state index contributed by atoms with van der Waals surface area (Å²) in [7, 11) is 0. The van der Waals surface area contributed by atoms with Crippen LogP contribution in [-0.4, -0.2) is 53.6 Å². The van der Waals surface area contributed by atoms with Gasteiger partial charge in [-0.1, -0.05) is 19.8 Å². The maximum Gasteiger partial charge on any atom is 0.410 e. The SMILES string of the molecule is CCCCC(O)C1COCCN1C(=O)OC(C)(C)C. The van der Waals surface area contributed by atoms with Crippen molar-refractivity contribution in [2.24, 2.45) is 0 Å². The number of amides is 1. The molecule has 0 aromatic carbocycles. The van der Waals surface area contributed by atoms with Crippen molar-refractivity contribution in [3.63, 3.8) is 0 Å². The minimum absolute atomic E-state index is 0.296. The lowest BCUT2D eigenvalue weighted by Crippen LogP contribution is -2.55. The van der Waals surface area contributed by atoms with Gasteiger partial charge in [0.15, 0.2) is 0 Å². The molecule has 1 N–H and O–H groups in total. The fraction of sp³-hybridized carbons (Fsp3) is 0.929. The highest BCUT2D eigenvalue weighted by Gasteiger charge is 2.34. The smallest absolute Gasteiger partial charge is 0.410 e. The fourth-order valence-electron chi connectivity index (χ4n) is 2.09. The molecule has 5 heteroatoms. The molecule has 0 radical (unpaired) electrons. The second kappa shape index (κ2) is 7.10. The minimum atomic E-state index is -0.548. The molecule has 0 spiro atoms. The van der Waals surface area contributed by atoms with E-state index in [0.717, 1.165) is 12.8 Å². The van der Waals surface area contributed by atoms with Gasteiger partial charge in [-0.15, -0.1) is 0 Å². The summed E-state index contributed by atoms with van der Waals surface area (Å²) in [5.41, 5.74) is -0.520. The lowest BCUT2D eigenvalue weighted by atomic mass is 10.0. The molecule has 112 valence electrons. The monoisotopic (exact) mass is 273 g/mol. The molecule has 1 aliphatic rings. The zero-order valence-electron chi connectivity index (χ0n) is 12.5. The number of morpholine rings is 1. The Bertz CT molecular complexity index is 288. The first kappa shape index (κ1) is 16.2. The van der Waals surface area contributed by atoms with Gasteiger partial charge in [-0.3, -0.25) is 4.90 Å². The number of aliphatic hydroxyl groups is 1. The summed E-state index contributed by atoms with van der Waals surface area (Å²) < 4.78 is 10.8. The van der Waals surface area contributed by atoms with Crippen LogP contribution in [0.4, 0.5) is 4.79 Å². The third-order valence-corrected chi connectivity index (χ3v) is 3.09. The van der Waals surface area contributed by atoms with Gasteiger partial charge < -0.3 is 14.6 Å². The van der Waals surface area contributed by atoms with Crippen molar-refractivity contribution >= 4 is 6.09 Å². The summed E-state index contributed by atoms with van der Waals surface area (Å²) in [6.07, 6.45) is 1.74. The molecule has 1 saturated heterocycles. The molecule has 0 saturated carbocycles. The number of aliphatic hydroxyl groups excluding tert-OH is 1. The molecular formula is C14H27NO4. The second-order valence-electron chi connectivity index (χ2n) is 6.03. The average Bonchev–Trinajstić information content (AvgIpc) is 2.34. The molecule has 19 heavy (non-hydrogen) atoms. The first-order valence-corrected chi connectivity index (χ1v) is 7.10. The largest absolute Gasteiger partial charge is 0.444 e. The second-order valence-corrected chi connectivity index (χ2v) is 6.03. The highest BCUT2D eigenvalue weighted by molar-refractivity contribution is 5.68.